The third-order valence-corrected chi connectivity index (χ3v) is 4.53. The number of nitrogens with one attached hydrogen (secondary N) is 2. The van der Waals surface area contributed by atoms with Crippen LogP contribution in [0.3, 0.4) is 0 Å². The van der Waals surface area contributed by atoms with Crippen LogP contribution >= 0.6 is 0 Å². The summed E-state index contributed by atoms with van der Waals surface area (Å²) >= 11 is 0. The van der Waals surface area contributed by atoms with Crippen LogP contribution in [0, 0.1) is 5.92 Å². The first-order valence-electron chi connectivity index (χ1n) is 10.2. The van der Waals surface area contributed by atoms with E-state index in [1.165, 1.54) is 0 Å². The number of para-hydroxylation sites is 2. The summed E-state index contributed by atoms with van der Waals surface area (Å²) in [6.45, 7) is 11.5. The Balaban J connectivity index is 1.73. The SMILES string of the molecule is CCCOc1ccccc1NC(=O)CN1CCN(CC(=O)NCC(C)C)CC1. The van der Waals surface area contributed by atoms with Crippen molar-refractivity contribution >= 4 is 17.5 Å². The van der Waals surface area contributed by atoms with E-state index < -0.39 is 0 Å². The van der Waals surface area contributed by atoms with Gasteiger partial charge in [0, 0.05) is 32.7 Å². The van der Waals surface area contributed by atoms with Gasteiger partial charge in [-0.05, 0) is 24.5 Å². The molecule has 0 radical (unpaired) electrons. The zero-order valence-corrected chi connectivity index (χ0v) is 17.4. The Labute approximate surface area is 168 Å². The minimum atomic E-state index is -0.0457. The lowest BCUT2D eigenvalue weighted by atomic mass is 10.2. The van der Waals surface area contributed by atoms with Gasteiger partial charge in [-0.1, -0.05) is 32.9 Å². The van der Waals surface area contributed by atoms with E-state index in [4.69, 9.17) is 4.74 Å². The summed E-state index contributed by atoms with van der Waals surface area (Å²) in [6, 6.07) is 7.51. The first kappa shape index (κ1) is 22.2. The molecule has 0 aliphatic carbocycles. The van der Waals surface area contributed by atoms with Crippen molar-refractivity contribution in [1.82, 2.24) is 15.1 Å². The Hall–Kier alpha value is -2.12. The fraction of sp³-hybridized carbons (Fsp3) is 0.619. The maximum atomic E-state index is 12.4. The van der Waals surface area contributed by atoms with E-state index in [9.17, 15) is 9.59 Å². The number of amides is 2. The number of ether oxygens (including phenoxy) is 1. The fourth-order valence-electron chi connectivity index (χ4n) is 2.98. The van der Waals surface area contributed by atoms with E-state index in [2.05, 4.69) is 41.2 Å². The molecule has 28 heavy (non-hydrogen) atoms. The first-order chi connectivity index (χ1) is 13.5. The van der Waals surface area contributed by atoms with Crippen LogP contribution in [-0.4, -0.2) is 74.0 Å². The van der Waals surface area contributed by atoms with Crippen molar-refractivity contribution in [3.8, 4) is 5.75 Å². The summed E-state index contributed by atoms with van der Waals surface area (Å²) in [5.41, 5.74) is 0.710. The number of rotatable bonds is 10. The zero-order chi connectivity index (χ0) is 20.4. The standard InChI is InChI=1S/C21H34N4O3/c1-4-13-28-19-8-6-5-7-18(19)23-21(27)16-25-11-9-24(10-12-25)15-20(26)22-14-17(2)3/h5-8,17H,4,9-16H2,1-3H3,(H,22,26)(H,23,27). The van der Waals surface area contributed by atoms with Gasteiger partial charge in [0.05, 0.1) is 25.4 Å². The number of benzene rings is 1. The molecule has 0 unspecified atom stereocenters. The molecule has 1 saturated heterocycles. The second kappa shape index (κ2) is 11.7. The summed E-state index contributed by atoms with van der Waals surface area (Å²) in [4.78, 5) is 28.6. The van der Waals surface area contributed by atoms with Crippen LogP contribution in [0.25, 0.3) is 0 Å². The molecule has 0 spiro atoms. The molecular formula is C21H34N4O3. The average Bonchev–Trinajstić information content (AvgIpc) is 2.67. The second-order valence-corrected chi connectivity index (χ2v) is 7.64. The topological polar surface area (TPSA) is 73.9 Å². The van der Waals surface area contributed by atoms with Gasteiger partial charge in [0.15, 0.2) is 0 Å². The lowest BCUT2D eigenvalue weighted by Gasteiger charge is -2.33. The highest BCUT2D eigenvalue weighted by Crippen LogP contribution is 2.23. The van der Waals surface area contributed by atoms with Crippen LogP contribution in [0.2, 0.25) is 0 Å². The number of hydrogen-bond donors (Lipinski definition) is 2. The normalized spacial score (nSPS) is 15.4. The van der Waals surface area contributed by atoms with E-state index in [1.807, 2.05) is 24.3 Å². The van der Waals surface area contributed by atoms with E-state index in [1.54, 1.807) is 0 Å². The second-order valence-electron chi connectivity index (χ2n) is 7.64. The summed E-state index contributed by atoms with van der Waals surface area (Å²) in [5.74, 6) is 1.19. The molecule has 7 nitrogen and oxygen atoms in total. The van der Waals surface area contributed by atoms with Crippen molar-refractivity contribution in [2.45, 2.75) is 27.2 Å². The number of carbonyl (C=O) groups excluding carboxylic acids is 2. The highest BCUT2D eigenvalue weighted by molar-refractivity contribution is 5.93. The quantitative estimate of drug-likeness (QED) is 0.637. The van der Waals surface area contributed by atoms with Crippen molar-refractivity contribution < 1.29 is 14.3 Å². The molecule has 2 N–H and O–H groups in total. The Bertz CT molecular complexity index is 628. The van der Waals surface area contributed by atoms with Crippen LogP contribution in [0.1, 0.15) is 27.2 Å². The highest BCUT2D eigenvalue weighted by atomic mass is 16.5. The minimum Gasteiger partial charge on any atom is -0.491 e. The van der Waals surface area contributed by atoms with Crippen LogP contribution < -0.4 is 15.4 Å². The molecule has 1 aromatic carbocycles. The van der Waals surface area contributed by atoms with E-state index in [0.29, 0.717) is 43.6 Å². The maximum Gasteiger partial charge on any atom is 0.238 e. The monoisotopic (exact) mass is 390 g/mol. The number of anilines is 1. The molecule has 7 heteroatoms. The minimum absolute atomic E-state index is 0.0457. The lowest BCUT2D eigenvalue weighted by Crippen LogP contribution is -2.51. The molecule has 1 aliphatic rings. The molecule has 2 amide bonds. The van der Waals surface area contributed by atoms with Gasteiger partial charge in [-0.2, -0.15) is 0 Å². The van der Waals surface area contributed by atoms with Crippen molar-refractivity contribution in [3.05, 3.63) is 24.3 Å². The molecule has 0 bridgehead atoms. The van der Waals surface area contributed by atoms with Crippen molar-refractivity contribution in [3.63, 3.8) is 0 Å². The van der Waals surface area contributed by atoms with Gasteiger partial charge in [0.25, 0.3) is 0 Å². The lowest BCUT2D eigenvalue weighted by molar-refractivity contribution is -0.123. The summed E-state index contributed by atoms with van der Waals surface area (Å²) in [5, 5.41) is 5.90. The first-order valence-corrected chi connectivity index (χ1v) is 10.2. The number of hydrogen-bond acceptors (Lipinski definition) is 5. The van der Waals surface area contributed by atoms with Gasteiger partial charge < -0.3 is 15.4 Å². The highest BCUT2D eigenvalue weighted by Gasteiger charge is 2.21. The van der Waals surface area contributed by atoms with Gasteiger partial charge in [-0.25, -0.2) is 0 Å². The van der Waals surface area contributed by atoms with Crippen molar-refractivity contribution in [2.75, 3.05) is 57.7 Å². The van der Waals surface area contributed by atoms with Crippen LogP contribution in [0.5, 0.6) is 5.75 Å². The molecule has 0 atom stereocenters. The van der Waals surface area contributed by atoms with Gasteiger partial charge >= 0.3 is 0 Å². The molecule has 1 aromatic rings. The molecule has 0 saturated carbocycles. The van der Waals surface area contributed by atoms with Crippen LogP contribution in [-0.2, 0) is 9.59 Å². The molecule has 1 aliphatic heterocycles. The zero-order valence-electron chi connectivity index (χ0n) is 17.4. The summed E-state index contributed by atoms with van der Waals surface area (Å²) < 4.78 is 5.69. The Morgan fingerprint density at radius 1 is 1.04 bits per heavy atom. The van der Waals surface area contributed by atoms with E-state index in [-0.39, 0.29) is 11.8 Å². The van der Waals surface area contributed by atoms with Crippen LogP contribution in [0.4, 0.5) is 5.69 Å². The fourth-order valence-corrected chi connectivity index (χ4v) is 2.98. The molecule has 1 heterocycles. The molecule has 1 fully saturated rings. The Morgan fingerprint density at radius 2 is 1.64 bits per heavy atom. The smallest absolute Gasteiger partial charge is 0.238 e. The van der Waals surface area contributed by atoms with Crippen molar-refractivity contribution in [1.29, 1.82) is 0 Å². The van der Waals surface area contributed by atoms with Gasteiger partial charge in [0.2, 0.25) is 11.8 Å². The average molecular weight is 391 g/mol. The molecule has 0 aromatic heterocycles. The van der Waals surface area contributed by atoms with Gasteiger partial charge in [0.1, 0.15) is 5.75 Å². The predicted octanol–water partition coefficient (Wildman–Crippen LogP) is 1.80. The van der Waals surface area contributed by atoms with Crippen molar-refractivity contribution in [2.24, 2.45) is 5.92 Å². The van der Waals surface area contributed by atoms with E-state index in [0.717, 1.165) is 32.6 Å². The third-order valence-electron chi connectivity index (χ3n) is 4.53. The number of piperazine rings is 1. The summed E-state index contributed by atoms with van der Waals surface area (Å²) in [7, 11) is 0. The number of nitrogens with zero attached hydrogens (tertiary/aromatic N) is 2. The third kappa shape index (κ3) is 7.86. The Morgan fingerprint density at radius 3 is 2.25 bits per heavy atom. The van der Waals surface area contributed by atoms with Gasteiger partial charge in [-0.15, -0.1) is 0 Å². The molecular weight excluding hydrogens is 356 g/mol. The number of carbonyl (C=O) groups is 2. The van der Waals surface area contributed by atoms with Crippen LogP contribution in [0.15, 0.2) is 24.3 Å². The molecule has 156 valence electrons. The maximum absolute atomic E-state index is 12.4. The predicted molar refractivity (Wildman–Crippen MR) is 112 cm³/mol. The van der Waals surface area contributed by atoms with E-state index >= 15 is 0 Å². The van der Waals surface area contributed by atoms with Gasteiger partial charge in [-0.3, -0.25) is 19.4 Å². The largest absolute Gasteiger partial charge is 0.491 e. The molecule has 2 rings (SSSR count). The summed E-state index contributed by atoms with van der Waals surface area (Å²) in [6.07, 6.45) is 0.919. The Kier molecular flexibility index (Phi) is 9.23.